The van der Waals surface area contributed by atoms with Gasteiger partial charge in [0.05, 0.1) is 5.69 Å². The van der Waals surface area contributed by atoms with Gasteiger partial charge in [-0.2, -0.15) is 10.2 Å². The van der Waals surface area contributed by atoms with Gasteiger partial charge in [0, 0.05) is 31.2 Å². The molecule has 2 aromatic rings. The molecule has 0 radical (unpaired) electrons. The van der Waals surface area contributed by atoms with Gasteiger partial charge in [-0.3, -0.25) is 19.4 Å². The molecule has 8 nitrogen and oxygen atoms in total. The van der Waals surface area contributed by atoms with Crippen LogP contribution in [0.25, 0.3) is 0 Å². The van der Waals surface area contributed by atoms with E-state index in [1.807, 2.05) is 24.8 Å². The monoisotopic (exact) mass is 330 g/mol. The Morgan fingerprint density at radius 2 is 2.21 bits per heavy atom. The predicted molar refractivity (Wildman–Crippen MR) is 87.6 cm³/mol. The van der Waals surface area contributed by atoms with Crippen molar-refractivity contribution in [3.05, 3.63) is 34.9 Å². The molecule has 1 fully saturated rings. The van der Waals surface area contributed by atoms with Gasteiger partial charge in [0.1, 0.15) is 11.4 Å². The Balaban J connectivity index is 1.77. The summed E-state index contributed by atoms with van der Waals surface area (Å²) < 4.78 is 1.74. The number of aromatic amines is 1. The average Bonchev–Trinajstić information content (AvgIpc) is 3.21. The lowest BCUT2D eigenvalue weighted by molar-refractivity contribution is 0.0693. The van der Waals surface area contributed by atoms with Crippen molar-refractivity contribution in [3.8, 4) is 0 Å². The molecule has 0 bridgehead atoms. The highest BCUT2D eigenvalue weighted by Crippen LogP contribution is 2.27. The van der Waals surface area contributed by atoms with E-state index in [1.54, 1.807) is 10.7 Å². The third-order valence-electron chi connectivity index (χ3n) is 4.42. The van der Waals surface area contributed by atoms with E-state index in [-0.39, 0.29) is 17.5 Å². The minimum atomic E-state index is -0.552. The molecule has 0 saturated carbocycles. The molecule has 0 spiro atoms. The fraction of sp³-hybridized carbons (Fsp3) is 0.500. The Hall–Kier alpha value is -2.64. The zero-order valence-electron chi connectivity index (χ0n) is 14.0. The predicted octanol–water partition coefficient (Wildman–Crippen LogP) is 1.05. The Morgan fingerprint density at radius 1 is 1.42 bits per heavy atom. The molecule has 3 heterocycles. The first-order chi connectivity index (χ1) is 11.5. The Kier molecular flexibility index (Phi) is 4.37. The Morgan fingerprint density at radius 3 is 2.88 bits per heavy atom. The number of amides is 2. The van der Waals surface area contributed by atoms with Gasteiger partial charge in [-0.15, -0.1) is 0 Å². The fourth-order valence-corrected chi connectivity index (χ4v) is 3.21. The second-order valence-electron chi connectivity index (χ2n) is 6.15. The van der Waals surface area contributed by atoms with Crippen molar-refractivity contribution >= 4 is 11.8 Å². The minimum Gasteiger partial charge on any atom is -0.364 e. The molecule has 1 saturated heterocycles. The number of piperidine rings is 1. The number of aryl methyl sites for hydroxylation is 2. The van der Waals surface area contributed by atoms with Gasteiger partial charge >= 0.3 is 0 Å². The molecule has 2 aromatic heterocycles. The smallest absolute Gasteiger partial charge is 0.272 e. The van der Waals surface area contributed by atoms with Crippen LogP contribution in [0.2, 0.25) is 0 Å². The van der Waals surface area contributed by atoms with Crippen molar-refractivity contribution < 1.29 is 9.59 Å². The standard InChI is InChI=1S/C16H22N6O2/c1-3-22-14(7-10(2)20-22)16(24)21-6-4-5-11(9-21)12-8-13(15(17)23)19-18-12/h7-8,11H,3-6,9H2,1-2H3,(H2,17,23)(H,18,19). The van der Waals surface area contributed by atoms with Gasteiger partial charge in [0.15, 0.2) is 0 Å². The lowest BCUT2D eigenvalue weighted by Gasteiger charge is -2.32. The maximum Gasteiger partial charge on any atom is 0.272 e. The number of aromatic nitrogens is 4. The maximum absolute atomic E-state index is 12.8. The van der Waals surface area contributed by atoms with E-state index in [0.717, 1.165) is 30.8 Å². The number of hydrogen-bond donors (Lipinski definition) is 2. The molecule has 1 aliphatic heterocycles. The van der Waals surface area contributed by atoms with E-state index in [4.69, 9.17) is 5.73 Å². The van der Waals surface area contributed by atoms with Gasteiger partial charge < -0.3 is 10.6 Å². The molecule has 3 N–H and O–H groups in total. The lowest BCUT2D eigenvalue weighted by atomic mass is 9.94. The Labute approximate surface area is 140 Å². The summed E-state index contributed by atoms with van der Waals surface area (Å²) in [7, 11) is 0. The van der Waals surface area contributed by atoms with Gasteiger partial charge in [0.25, 0.3) is 11.8 Å². The molecule has 0 aliphatic carbocycles. The minimum absolute atomic E-state index is 0.00297. The quantitative estimate of drug-likeness (QED) is 0.873. The van der Waals surface area contributed by atoms with E-state index in [2.05, 4.69) is 15.3 Å². The van der Waals surface area contributed by atoms with E-state index in [0.29, 0.717) is 18.8 Å². The van der Waals surface area contributed by atoms with Crippen molar-refractivity contribution in [2.75, 3.05) is 13.1 Å². The van der Waals surface area contributed by atoms with Crippen LogP contribution in [-0.2, 0) is 6.54 Å². The third kappa shape index (κ3) is 3.04. The summed E-state index contributed by atoms with van der Waals surface area (Å²) in [6.07, 6.45) is 1.84. The van der Waals surface area contributed by atoms with Gasteiger partial charge in [-0.05, 0) is 38.8 Å². The van der Waals surface area contributed by atoms with Gasteiger partial charge in [0.2, 0.25) is 0 Å². The third-order valence-corrected chi connectivity index (χ3v) is 4.42. The molecule has 2 amide bonds. The SMILES string of the molecule is CCn1nc(C)cc1C(=O)N1CCCC(c2cc(C(N)=O)n[nH]2)C1. The fourth-order valence-electron chi connectivity index (χ4n) is 3.21. The topological polar surface area (TPSA) is 110 Å². The number of nitrogens with zero attached hydrogens (tertiary/aromatic N) is 4. The second-order valence-corrected chi connectivity index (χ2v) is 6.15. The second kappa shape index (κ2) is 6.46. The van der Waals surface area contributed by atoms with Crippen molar-refractivity contribution in [2.24, 2.45) is 5.73 Å². The van der Waals surface area contributed by atoms with Crippen molar-refractivity contribution in [2.45, 2.75) is 39.2 Å². The largest absolute Gasteiger partial charge is 0.364 e. The highest BCUT2D eigenvalue weighted by Gasteiger charge is 2.28. The molecule has 3 rings (SSSR count). The van der Waals surface area contributed by atoms with Crippen LogP contribution in [-0.4, -0.2) is 49.8 Å². The highest BCUT2D eigenvalue weighted by molar-refractivity contribution is 5.93. The molecule has 1 aliphatic rings. The van der Waals surface area contributed by atoms with Crippen LogP contribution in [0.15, 0.2) is 12.1 Å². The molecule has 24 heavy (non-hydrogen) atoms. The number of primary amides is 1. The first kappa shape index (κ1) is 16.2. The molecular weight excluding hydrogens is 308 g/mol. The van der Waals surface area contributed by atoms with Crippen molar-refractivity contribution in [1.29, 1.82) is 0 Å². The number of carbonyl (C=O) groups is 2. The van der Waals surface area contributed by atoms with Crippen LogP contribution in [0.1, 0.15) is 58.0 Å². The molecular formula is C16H22N6O2. The zero-order chi connectivity index (χ0) is 17.3. The average molecular weight is 330 g/mol. The summed E-state index contributed by atoms with van der Waals surface area (Å²) in [5, 5.41) is 11.2. The van der Waals surface area contributed by atoms with E-state index in [1.165, 1.54) is 0 Å². The summed E-state index contributed by atoms with van der Waals surface area (Å²) in [5.74, 6) is -0.428. The number of likely N-dealkylation sites (tertiary alicyclic amines) is 1. The molecule has 0 aromatic carbocycles. The van der Waals surface area contributed by atoms with Crippen molar-refractivity contribution in [1.82, 2.24) is 24.9 Å². The normalized spacial score (nSPS) is 17.9. The van der Waals surface area contributed by atoms with Crippen LogP contribution in [0.3, 0.4) is 0 Å². The molecule has 8 heteroatoms. The summed E-state index contributed by atoms with van der Waals surface area (Å²) in [5.41, 5.74) is 7.79. The Bertz CT molecular complexity index is 762. The van der Waals surface area contributed by atoms with Crippen LogP contribution in [0.4, 0.5) is 0 Å². The lowest BCUT2D eigenvalue weighted by Crippen LogP contribution is -2.40. The van der Waals surface area contributed by atoms with Crippen LogP contribution < -0.4 is 5.73 Å². The van der Waals surface area contributed by atoms with Crippen molar-refractivity contribution in [3.63, 3.8) is 0 Å². The van der Waals surface area contributed by atoms with E-state index in [9.17, 15) is 9.59 Å². The first-order valence-electron chi connectivity index (χ1n) is 8.18. The number of carbonyl (C=O) groups excluding carboxylic acids is 2. The van der Waals surface area contributed by atoms with E-state index >= 15 is 0 Å². The number of nitrogens with two attached hydrogens (primary N) is 1. The summed E-state index contributed by atoms with van der Waals surface area (Å²) >= 11 is 0. The first-order valence-corrected chi connectivity index (χ1v) is 8.18. The molecule has 128 valence electrons. The summed E-state index contributed by atoms with van der Waals surface area (Å²) in [6, 6.07) is 3.51. The number of nitrogens with one attached hydrogen (secondary N) is 1. The van der Waals surface area contributed by atoms with Crippen LogP contribution in [0, 0.1) is 6.92 Å². The van der Waals surface area contributed by atoms with Crippen LogP contribution >= 0.6 is 0 Å². The summed E-state index contributed by atoms with van der Waals surface area (Å²) in [4.78, 5) is 25.9. The highest BCUT2D eigenvalue weighted by atomic mass is 16.2. The molecule has 1 atom stereocenters. The van der Waals surface area contributed by atoms with Gasteiger partial charge in [-0.25, -0.2) is 0 Å². The number of hydrogen-bond acceptors (Lipinski definition) is 4. The number of rotatable bonds is 4. The zero-order valence-corrected chi connectivity index (χ0v) is 14.0. The van der Waals surface area contributed by atoms with Gasteiger partial charge in [-0.1, -0.05) is 0 Å². The van der Waals surface area contributed by atoms with E-state index < -0.39 is 5.91 Å². The molecule has 1 unspecified atom stereocenters. The number of H-pyrrole nitrogens is 1. The maximum atomic E-state index is 12.8. The summed E-state index contributed by atoms with van der Waals surface area (Å²) in [6.45, 7) is 5.83. The van der Waals surface area contributed by atoms with Crippen LogP contribution in [0.5, 0.6) is 0 Å².